The molecule has 3 heterocycles. The molecule has 1 spiro atoms. The van der Waals surface area contributed by atoms with E-state index in [9.17, 15) is 18.0 Å². The van der Waals surface area contributed by atoms with Crippen LogP contribution in [0.5, 0.6) is 0 Å². The lowest BCUT2D eigenvalue weighted by atomic mass is 9.86. The molecule has 0 saturated carbocycles. The number of ether oxygens (including phenoxy) is 1. The minimum Gasteiger partial charge on any atom is -0.403 e. The summed E-state index contributed by atoms with van der Waals surface area (Å²) >= 11 is 0.653. The second-order valence-corrected chi connectivity index (χ2v) is 6.87. The molecule has 1 aromatic heterocycles. The van der Waals surface area contributed by atoms with Gasteiger partial charge in [0, 0.05) is 29.9 Å². The lowest BCUT2D eigenvalue weighted by molar-refractivity contribution is -0.134. The smallest absolute Gasteiger partial charge is 0.403 e. The minimum atomic E-state index is -4.41. The highest BCUT2D eigenvalue weighted by atomic mass is 32.1. The first kappa shape index (κ1) is 19.7. The quantitative estimate of drug-likeness (QED) is 0.510. The summed E-state index contributed by atoms with van der Waals surface area (Å²) in [5.41, 5.74) is 4.42. The molecule has 0 aliphatic carbocycles. The number of hydrazine groups is 1. The topological polar surface area (TPSA) is 93.6 Å². The number of carbonyl (C=O) groups excluding carboxylic acids is 1. The van der Waals surface area contributed by atoms with Crippen LogP contribution in [0, 0.1) is 0 Å². The molecule has 2 aliphatic rings. The van der Waals surface area contributed by atoms with Gasteiger partial charge in [0.25, 0.3) is 0 Å². The van der Waals surface area contributed by atoms with E-state index in [2.05, 4.69) is 5.32 Å². The Labute approximate surface area is 147 Å². The van der Waals surface area contributed by atoms with Crippen molar-refractivity contribution in [3.63, 3.8) is 0 Å². The summed E-state index contributed by atoms with van der Waals surface area (Å²) in [6.45, 7) is 1.25. The summed E-state index contributed by atoms with van der Waals surface area (Å²) in [5.74, 6) is 4.71. The molecule has 10 heteroatoms. The molecule has 6 nitrogen and oxygen atoms in total. The zero-order valence-corrected chi connectivity index (χ0v) is 14.5. The number of alkyl halides is 3. The Morgan fingerprint density at radius 3 is 2.52 bits per heavy atom. The maximum Gasteiger partial charge on any atom is 0.425 e. The Hall–Kier alpha value is -1.62. The van der Waals surface area contributed by atoms with Crippen molar-refractivity contribution in [1.82, 2.24) is 10.3 Å². The maximum atomic E-state index is 12.8. The van der Waals surface area contributed by atoms with Crippen LogP contribution in [0.4, 0.5) is 13.2 Å². The summed E-state index contributed by atoms with van der Waals surface area (Å²) in [7, 11) is 1.70. The van der Waals surface area contributed by atoms with E-state index in [0.717, 1.165) is 6.07 Å². The van der Waals surface area contributed by atoms with Gasteiger partial charge >= 0.3 is 6.18 Å². The zero-order valence-electron chi connectivity index (χ0n) is 13.7. The highest BCUT2D eigenvalue weighted by Gasteiger charge is 2.46. The lowest BCUT2D eigenvalue weighted by Crippen LogP contribution is -2.45. The van der Waals surface area contributed by atoms with Crippen LogP contribution in [0.15, 0.2) is 18.5 Å². The summed E-state index contributed by atoms with van der Waals surface area (Å²) in [4.78, 5) is 11.5. The highest BCUT2D eigenvalue weighted by Crippen LogP contribution is 2.47. The molecule has 1 fully saturated rings. The molecule has 3 rings (SSSR count). The number of hydrogen-bond donors (Lipinski definition) is 3. The Morgan fingerprint density at radius 1 is 1.40 bits per heavy atom. The molecule has 5 N–H and O–H groups in total. The van der Waals surface area contributed by atoms with E-state index in [-0.39, 0.29) is 18.0 Å². The number of nitrogens with zero attached hydrogens (tertiary/aromatic N) is 1. The number of hydrogen-bond acceptors (Lipinski definition) is 7. The van der Waals surface area contributed by atoms with Gasteiger partial charge in [0.15, 0.2) is 5.78 Å². The van der Waals surface area contributed by atoms with Crippen LogP contribution >= 0.6 is 11.3 Å². The van der Waals surface area contributed by atoms with Crippen LogP contribution in [0.25, 0.3) is 0 Å². The summed E-state index contributed by atoms with van der Waals surface area (Å²) in [5, 5.41) is 4.53. The van der Waals surface area contributed by atoms with E-state index in [0.29, 0.717) is 42.1 Å². The molecule has 0 radical (unpaired) electrons. The van der Waals surface area contributed by atoms with Crippen LogP contribution < -0.4 is 16.9 Å². The van der Waals surface area contributed by atoms with Gasteiger partial charge in [0.05, 0.1) is 0 Å². The van der Waals surface area contributed by atoms with Gasteiger partial charge < -0.3 is 20.8 Å². The number of halogens is 3. The third-order valence-corrected chi connectivity index (χ3v) is 5.30. The van der Waals surface area contributed by atoms with Crippen LogP contribution in [0.2, 0.25) is 0 Å². The lowest BCUT2D eigenvalue weighted by Gasteiger charge is -2.39. The molecule has 25 heavy (non-hydrogen) atoms. The van der Waals surface area contributed by atoms with Gasteiger partial charge in [-0.1, -0.05) is 0 Å². The number of rotatable bonds is 1. The summed E-state index contributed by atoms with van der Waals surface area (Å²) < 4.78 is 44.0. The molecule has 1 saturated heterocycles. The van der Waals surface area contributed by atoms with Gasteiger partial charge in [-0.2, -0.15) is 13.2 Å². The van der Waals surface area contributed by atoms with Gasteiger partial charge in [-0.15, -0.1) is 11.3 Å². The Kier molecular flexibility index (Phi) is 6.09. The van der Waals surface area contributed by atoms with Gasteiger partial charge in [-0.3, -0.25) is 4.79 Å². The SMILES string of the molecule is CN(N)/C=C\N.O=C1COC2(CCNCC2)c2sc(C(F)(F)F)cc21. The van der Waals surface area contributed by atoms with Crippen molar-refractivity contribution in [1.29, 1.82) is 0 Å². The predicted molar refractivity (Wildman–Crippen MR) is 88.7 cm³/mol. The number of thiophene rings is 1. The molecule has 2 aliphatic heterocycles. The first-order valence-electron chi connectivity index (χ1n) is 7.65. The van der Waals surface area contributed by atoms with E-state index in [1.54, 1.807) is 13.2 Å². The van der Waals surface area contributed by atoms with Crippen molar-refractivity contribution >= 4 is 17.1 Å². The third-order valence-electron chi connectivity index (χ3n) is 3.94. The van der Waals surface area contributed by atoms with Gasteiger partial charge in [0.1, 0.15) is 17.1 Å². The minimum absolute atomic E-state index is 0.124. The molecular formula is C15H21F3N4O2S. The number of Topliss-reactive ketones (excluding diaryl/α,β-unsaturated/α-hetero) is 1. The standard InChI is InChI=1S/C12H12F3NO2S.C3H9N3/c13-12(14,15)9-5-7-8(17)6-18-11(10(7)19-9)1-3-16-4-2-11;1-6(5)3-2-4/h5,16H,1-4,6H2;2-3H,4-5H2,1H3/b;3-2-. The number of nitrogens with two attached hydrogens (primary N) is 2. The normalized spacial score (nSPS) is 19.5. The monoisotopic (exact) mass is 378 g/mol. The average molecular weight is 378 g/mol. The molecule has 0 unspecified atom stereocenters. The van der Waals surface area contributed by atoms with E-state index in [1.165, 1.54) is 11.2 Å². The summed E-state index contributed by atoms with van der Waals surface area (Å²) in [6.07, 6.45) is -0.271. The van der Waals surface area contributed by atoms with E-state index in [1.807, 2.05) is 0 Å². The van der Waals surface area contributed by atoms with Crippen molar-refractivity contribution < 1.29 is 22.7 Å². The third kappa shape index (κ3) is 4.51. The van der Waals surface area contributed by atoms with Crippen LogP contribution in [-0.2, 0) is 16.5 Å². The summed E-state index contributed by atoms with van der Waals surface area (Å²) in [6, 6.07) is 0.981. The second-order valence-electron chi connectivity index (χ2n) is 5.81. The molecule has 0 aromatic carbocycles. The Morgan fingerprint density at radius 2 is 2.04 bits per heavy atom. The Bertz CT molecular complexity index is 637. The van der Waals surface area contributed by atoms with Crippen molar-refractivity contribution in [3.05, 3.63) is 33.8 Å². The van der Waals surface area contributed by atoms with Gasteiger partial charge in [-0.05, 0) is 32.0 Å². The molecule has 0 amide bonds. The van der Waals surface area contributed by atoms with Gasteiger partial charge in [0.2, 0.25) is 0 Å². The molecule has 0 bridgehead atoms. The molecule has 1 aromatic rings. The molecule has 0 atom stereocenters. The molecular weight excluding hydrogens is 357 g/mol. The van der Waals surface area contributed by atoms with Crippen molar-refractivity contribution in [3.8, 4) is 0 Å². The second kappa shape index (κ2) is 7.73. The molecule has 140 valence electrons. The number of ketones is 1. The van der Waals surface area contributed by atoms with Crippen molar-refractivity contribution in [2.75, 3.05) is 26.7 Å². The predicted octanol–water partition coefficient (Wildman–Crippen LogP) is 1.78. The van der Waals surface area contributed by atoms with Crippen molar-refractivity contribution in [2.24, 2.45) is 11.6 Å². The number of nitrogens with one attached hydrogen (secondary N) is 1. The fourth-order valence-corrected chi connectivity index (χ4v) is 4.01. The first-order chi connectivity index (χ1) is 11.7. The Balaban J connectivity index is 0.000000326. The largest absolute Gasteiger partial charge is 0.425 e. The van der Waals surface area contributed by atoms with E-state index in [4.69, 9.17) is 16.3 Å². The van der Waals surface area contributed by atoms with Crippen LogP contribution in [0.3, 0.4) is 0 Å². The fourth-order valence-electron chi connectivity index (χ4n) is 2.76. The average Bonchev–Trinajstić information content (AvgIpc) is 3.00. The van der Waals surface area contributed by atoms with Gasteiger partial charge in [-0.25, -0.2) is 5.84 Å². The highest BCUT2D eigenvalue weighted by molar-refractivity contribution is 7.12. The maximum absolute atomic E-state index is 12.8. The number of carbonyl (C=O) groups is 1. The van der Waals surface area contributed by atoms with Crippen LogP contribution in [-0.4, -0.2) is 37.5 Å². The van der Waals surface area contributed by atoms with E-state index >= 15 is 0 Å². The van der Waals surface area contributed by atoms with Crippen LogP contribution in [0.1, 0.15) is 33.0 Å². The zero-order chi connectivity index (χ0) is 18.7. The van der Waals surface area contributed by atoms with Crippen molar-refractivity contribution in [2.45, 2.75) is 24.6 Å². The fraction of sp³-hybridized carbons (Fsp3) is 0.533. The van der Waals surface area contributed by atoms with E-state index < -0.39 is 16.7 Å². The number of fused-ring (bicyclic) bond motifs is 2. The number of piperidine rings is 1. The first-order valence-corrected chi connectivity index (χ1v) is 8.46.